The van der Waals surface area contributed by atoms with Crippen LogP contribution in [0.15, 0.2) is 0 Å². The lowest BCUT2D eigenvalue weighted by molar-refractivity contribution is -0.130. The number of carboxylic acid groups (broad SMARTS) is 1. The molecule has 156 valence electrons. The molecule has 0 aromatic heterocycles. The molecule has 0 bridgehead atoms. The number of carbonyl (C=O) groups is 3. The predicted octanol–water partition coefficient (Wildman–Crippen LogP) is 2.61. The highest BCUT2D eigenvalue weighted by Crippen LogP contribution is 2.38. The van der Waals surface area contributed by atoms with Crippen LogP contribution in [0.3, 0.4) is 0 Å². The Morgan fingerprint density at radius 3 is 2.19 bits per heavy atom. The number of rotatable bonds is 8. The van der Waals surface area contributed by atoms with Crippen molar-refractivity contribution < 1.29 is 19.5 Å². The SMILES string of the molecule is CC(NC(=O)O)C(=O)NC(CNC(=O)[C@@H]1C[C@H](C)CC[C@H]1C(C)C)C(C)C. The van der Waals surface area contributed by atoms with E-state index < -0.39 is 18.0 Å². The Bertz CT molecular complexity index is 521. The minimum atomic E-state index is -1.24. The molecule has 4 N–H and O–H groups in total. The summed E-state index contributed by atoms with van der Waals surface area (Å²) in [5.41, 5.74) is 0. The average molecular weight is 384 g/mol. The molecule has 27 heavy (non-hydrogen) atoms. The van der Waals surface area contributed by atoms with E-state index in [0.29, 0.717) is 24.3 Å². The highest BCUT2D eigenvalue weighted by molar-refractivity contribution is 5.85. The zero-order chi connectivity index (χ0) is 20.7. The lowest BCUT2D eigenvalue weighted by atomic mass is 9.70. The summed E-state index contributed by atoms with van der Waals surface area (Å²) < 4.78 is 0. The van der Waals surface area contributed by atoms with E-state index in [1.165, 1.54) is 13.3 Å². The Hall–Kier alpha value is -1.79. The summed E-state index contributed by atoms with van der Waals surface area (Å²) in [5, 5.41) is 16.8. The third-order valence-corrected chi connectivity index (χ3v) is 5.72. The molecule has 7 nitrogen and oxygen atoms in total. The Balaban J connectivity index is 2.65. The normalized spacial score (nSPS) is 25.0. The van der Waals surface area contributed by atoms with Crippen molar-refractivity contribution in [2.45, 2.75) is 72.9 Å². The first-order valence-corrected chi connectivity index (χ1v) is 10.1. The molecule has 1 aliphatic rings. The van der Waals surface area contributed by atoms with Crippen LogP contribution in [0.5, 0.6) is 0 Å². The van der Waals surface area contributed by atoms with Gasteiger partial charge in [0, 0.05) is 18.5 Å². The van der Waals surface area contributed by atoms with Crippen LogP contribution in [0.25, 0.3) is 0 Å². The van der Waals surface area contributed by atoms with Crippen molar-refractivity contribution in [2.75, 3.05) is 6.54 Å². The van der Waals surface area contributed by atoms with Gasteiger partial charge < -0.3 is 21.1 Å². The van der Waals surface area contributed by atoms with Gasteiger partial charge in [-0.15, -0.1) is 0 Å². The van der Waals surface area contributed by atoms with Gasteiger partial charge in [0.25, 0.3) is 0 Å². The van der Waals surface area contributed by atoms with E-state index in [4.69, 9.17) is 5.11 Å². The minimum absolute atomic E-state index is 0.0184. The monoisotopic (exact) mass is 383 g/mol. The van der Waals surface area contributed by atoms with E-state index in [2.05, 4.69) is 36.7 Å². The molecule has 0 aromatic rings. The van der Waals surface area contributed by atoms with Crippen molar-refractivity contribution >= 4 is 17.9 Å². The molecular formula is C20H37N3O4. The molecule has 0 spiro atoms. The fraction of sp³-hybridized carbons (Fsp3) is 0.850. The summed E-state index contributed by atoms with van der Waals surface area (Å²) in [6.07, 6.45) is 1.93. The van der Waals surface area contributed by atoms with E-state index >= 15 is 0 Å². The van der Waals surface area contributed by atoms with Crippen molar-refractivity contribution in [3.63, 3.8) is 0 Å². The first kappa shape index (κ1) is 23.2. The van der Waals surface area contributed by atoms with Gasteiger partial charge in [-0.1, -0.05) is 41.0 Å². The number of amides is 3. The lowest BCUT2D eigenvalue weighted by Crippen LogP contribution is -2.53. The third-order valence-electron chi connectivity index (χ3n) is 5.72. The molecule has 7 heteroatoms. The van der Waals surface area contributed by atoms with Gasteiger partial charge >= 0.3 is 6.09 Å². The Morgan fingerprint density at radius 1 is 1.04 bits per heavy atom. The van der Waals surface area contributed by atoms with Crippen LogP contribution in [0, 0.1) is 29.6 Å². The fourth-order valence-electron chi connectivity index (χ4n) is 3.86. The molecule has 2 unspecified atom stereocenters. The zero-order valence-corrected chi connectivity index (χ0v) is 17.5. The summed E-state index contributed by atoms with van der Waals surface area (Å²) in [6.45, 7) is 12.3. The minimum Gasteiger partial charge on any atom is -0.465 e. The number of hydrogen-bond acceptors (Lipinski definition) is 3. The number of nitrogens with one attached hydrogen (secondary N) is 3. The van der Waals surface area contributed by atoms with Crippen LogP contribution in [0.2, 0.25) is 0 Å². The van der Waals surface area contributed by atoms with Crippen molar-refractivity contribution in [2.24, 2.45) is 29.6 Å². The summed E-state index contributed by atoms with van der Waals surface area (Å²) in [6, 6.07) is -1.10. The average Bonchev–Trinajstić information content (AvgIpc) is 2.56. The van der Waals surface area contributed by atoms with Crippen LogP contribution in [-0.2, 0) is 9.59 Å². The number of carbonyl (C=O) groups excluding carboxylic acids is 2. The van der Waals surface area contributed by atoms with E-state index in [1.54, 1.807) is 0 Å². The van der Waals surface area contributed by atoms with Crippen molar-refractivity contribution in [1.82, 2.24) is 16.0 Å². The van der Waals surface area contributed by atoms with Crippen LogP contribution < -0.4 is 16.0 Å². The van der Waals surface area contributed by atoms with Crippen molar-refractivity contribution in [1.29, 1.82) is 0 Å². The van der Waals surface area contributed by atoms with Gasteiger partial charge in [0.1, 0.15) is 6.04 Å². The second kappa shape index (κ2) is 10.5. The van der Waals surface area contributed by atoms with Gasteiger partial charge in [-0.3, -0.25) is 9.59 Å². The molecule has 1 saturated carbocycles. The third kappa shape index (κ3) is 7.39. The Labute approximate surface area is 163 Å². The molecule has 1 fully saturated rings. The topological polar surface area (TPSA) is 108 Å². The van der Waals surface area contributed by atoms with E-state index in [0.717, 1.165) is 12.8 Å². The largest absolute Gasteiger partial charge is 0.465 e. The standard InChI is InChI=1S/C20H37N3O4/c1-11(2)15-8-7-13(5)9-16(15)19(25)21-10-17(12(3)4)23-18(24)14(6)22-20(26)27/h11-17,22H,7-10H2,1-6H3,(H,21,25)(H,23,24)(H,26,27)/t13-,14?,15+,16-,17?/m1/s1. The van der Waals surface area contributed by atoms with Gasteiger partial charge in [-0.25, -0.2) is 4.79 Å². The lowest BCUT2D eigenvalue weighted by Gasteiger charge is -2.36. The predicted molar refractivity (Wildman–Crippen MR) is 105 cm³/mol. The van der Waals surface area contributed by atoms with Crippen LogP contribution in [0.4, 0.5) is 4.79 Å². The smallest absolute Gasteiger partial charge is 0.405 e. The molecule has 5 atom stereocenters. The molecule has 3 amide bonds. The summed E-state index contributed by atoms with van der Waals surface area (Å²) in [4.78, 5) is 35.7. The second-order valence-corrected chi connectivity index (χ2v) is 8.71. The molecule has 0 aromatic carbocycles. The molecule has 0 aliphatic heterocycles. The maximum atomic E-state index is 12.8. The van der Waals surface area contributed by atoms with Gasteiger partial charge in [-0.05, 0) is 43.4 Å². The summed E-state index contributed by atoms with van der Waals surface area (Å²) in [7, 11) is 0. The van der Waals surface area contributed by atoms with Gasteiger partial charge in [0.2, 0.25) is 11.8 Å². The fourth-order valence-corrected chi connectivity index (χ4v) is 3.86. The van der Waals surface area contributed by atoms with Crippen molar-refractivity contribution in [3.05, 3.63) is 0 Å². The zero-order valence-electron chi connectivity index (χ0n) is 17.5. The first-order chi connectivity index (χ1) is 12.5. The van der Waals surface area contributed by atoms with E-state index in [-0.39, 0.29) is 23.8 Å². The molecule has 0 heterocycles. The quantitative estimate of drug-likeness (QED) is 0.517. The van der Waals surface area contributed by atoms with E-state index in [1.807, 2.05) is 13.8 Å². The first-order valence-electron chi connectivity index (χ1n) is 10.1. The van der Waals surface area contributed by atoms with Gasteiger partial charge in [-0.2, -0.15) is 0 Å². The van der Waals surface area contributed by atoms with Crippen LogP contribution >= 0.6 is 0 Å². The Morgan fingerprint density at radius 2 is 1.67 bits per heavy atom. The molecular weight excluding hydrogens is 346 g/mol. The van der Waals surface area contributed by atoms with Gasteiger partial charge in [0.05, 0.1) is 0 Å². The summed E-state index contributed by atoms with van der Waals surface area (Å²) >= 11 is 0. The summed E-state index contributed by atoms with van der Waals surface area (Å²) in [5.74, 6) is 1.22. The number of hydrogen-bond donors (Lipinski definition) is 4. The molecule has 0 saturated heterocycles. The van der Waals surface area contributed by atoms with Crippen molar-refractivity contribution in [3.8, 4) is 0 Å². The van der Waals surface area contributed by atoms with Crippen LogP contribution in [0.1, 0.15) is 60.8 Å². The second-order valence-electron chi connectivity index (χ2n) is 8.71. The molecule has 0 radical (unpaired) electrons. The maximum Gasteiger partial charge on any atom is 0.405 e. The van der Waals surface area contributed by atoms with Gasteiger partial charge in [0.15, 0.2) is 0 Å². The highest BCUT2D eigenvalue weighted by atomic mass is 16.4. The maximum absolute atomic E-state index is 12.8. The van der Waals surface area contributed by atoms with E-state index in [9.17, 15) is 14.4 Å². The Kier molecular flexibility index (Phi) is 9.06. The molecule has 1 rings (SSSR count). The van der Waals surface area contributed by atoms with Crippen LogP contribution in [-0.4, -0.2) is 41.6 Å². The molecule has 1 aliphatic carbocycles. The highest BCUT2D eigenvalue weighted by Gasteiger charge is 2.35.